The van der Waals surface area contributed by atoms with Gasteiger partial charge in [-0.25, -0.2) is 0 Å². The van der Waals surface area contributed by atoms with Gasteiger partial charge >= 0.3 is 0 Å². The summed E-state index contributed by atoms with van der Waals surface area (Å²) in [6, 6.07) is 4.52. The van der Waals surface area contributed by atoms with Gasteiger partial charge in [-0.15, -0.1) is 0 Å². The molecule has 1 heterocycles. The van der Waals surface area contributed by atoms with Crippen LogP contribution in [0.25, 0.3) is 0 Å². The first kappa shape index (κ1) is 14.3. The van der Waals surface area contributed by atoms with Crippen LogP contribution in [0.1, 0.15) is 36.5 Å². The van der Waals surface area contributed by atoms with Gasteiger partial charge in [0.15, 0.2) is 0 Å². The van der Waals surface area contributed by atoms with E-state index in [-0.39, 0.29) is 11.6 Å². The Morgan fingerprint density at radius 2 is 2.05 bits per heavy atom. The second-order valence-electron chi connectivity index (χ2n) is 4.87. The van der Waals surface area contributed by atoms with Gasteiger partial charge in [0.2, 0.25) is 0 Å². The Bertz CT molecular complexity index is 510. The van der Waals surface area contributed by atoms with Crippen molar-refractivity contribution < 1.29 is 9.72 Å². The van der Waals surface area contributed by atoms with Gasteiger partial charge < -0.3 is 10.2 Å². The van der Waals surface area contributed by atoms with Crippen molar-refractivity contribution in [3.63, 3.8) is 0 Å². The topological polar surface area (TPSA) is 75.5 Å². The maximum atomic E-state index is 12.4. The third kappa shape index (κ3) is 3.07. The second kappa shape index (κ2) is 6.36. The molecule has 1 saturated heterocycles. The molecule has 0 unspecified atom stereocenters. The predicted octanol–water partition coefficient (Wildman–Crippen LogP) is 2.65. The quantitative estimate of drug-likeness (QED) is 0.678. The lowest BCUT2D eigenvalue weighted by atomic mass is 10.1. The molecule has 1 fully saturated rings. The Balaban J connectivity index is 2.25. The highest BCUT2D eigenvalue weighted by atomic mass is 16.6. The molecule has 0 radical (unpaired) electrons. The van der Waals surface area contributed by atoms with Crippen molar-refractivity contribution in [2.24, 2.45) is 0 Å². The molecule has 108 valence electrons. The zero-order valence-corrected chi connectivity index (χ0v) is 11.6. The minimum absolute atomic E-state index is 0.00189. The number of hydrogen-bond donors (Lipinski definition) is 1. The first-order chi connectivity index (χ1) is 9.63. The summed E-state index contributed by atoms with van der Waals surface area (Å²) in [7, 11) is 0. The van der Waals surface area contributed by atoms with Crippen LogP contribution < -0.4 is 5.32 Å². The summed E-state index contributed by atoms with van der Waals surface area (Å²) in [5.41, 5.74) is 0.913. The minimum Gasteiger partial charge on any atom is -0.380 e. The van der Waals surface area contributed by atoms with Crippen LogP contribution in [-0.2, 0) is 0 Å². The fourth-order valence-corrected chi connectivity index (χ4v) is 2.44. The van der Waals surface area contributed by atoms with Crippen LogP contribution in [0.4, 0.5) is 11.4 Å². The molecule has 20 heavy (non-hydrogen) atoms. The number of carbonyl (C=O) groups is 1. The number of anilines is 1. The lowest BCUT2D eigenvalue weighted by molar-refractivity contribution is -0.384. The normalized spacial score (nSPS) is 14.9. The van der Waals surface area contributed by atoms with Gasteiger partial charge in [-0.3, -0.25) is 14.9 Å². The summed E-state index contributed by atoms with van der Waals surface area (Å²) in [6.45, 7) is 3.98. The molecular weight excluding hydrogens is 258 g/mol. The molecule has 6 heteroatoms. The molecule has 0 atom stereocenters. The van der Waals surface area contributed by atoms with Crippen molar-refractivity contribution in [2.75, 3.05) is 25.0 Å². The summed E-state index contributed by atoms with van der Waals surface area (Å²) in [6.07, 6.45) is 3.21. The highest BCUT2D eigenvalue weighted by molar-refractivity contribution is 5.96. The van der Waals surface area contributed by atoms with Crippen LogP contribution in [-0.4, -0.2) is 35.4 Å². The molecule has 1 N–H and O–H groups in total. The number of nitro benzene ring substituents is 1. The molecule has 2 rings (SSSR count). The van der Waals surface area contributed by atoms with Crippen molar-refractivity contribution in [1.82, 2.24) is 4.90 Å². The molecule has 1 aromatic carbocycles. The molecule has 6 nitrogen and oxygen atoms in total. The molecule has 1 aliphatic rings. The van der Waals surface area contributed by atoms with Gasteiger partial charge in [0.25, 0.3) is 11.6 Å². The predicted molar refractivity (Wildman–Crippen MR) is 77.0 cm³/mol. The lowest BCUT2D eigenvalue weighted by Crippen LogP contribution is -2.35. The Morgan fingerprint density at radius 3 is 2.65 bits per heavy atom. The van der Waals surface area contributed by atoms with E-state index in [1.54, 1.807) is 6.07 Å². The fourth-order valence-electron chi connectivity index (χ4n) is 2.44. The number of nitrogens with zero attached hydrogens (tertiary/aromatic N) is 2. The number of hydrogen-bond acceptors (Lipinski definition) is 4. The molecule has 0 aliphatic carbocycles. The number of piperidine rings is 1. The summed E-state index contributed by atoms with van der Waals surface area (Å²) in [5.74, 6) is -0.0428. The highest BCUT2D eigenvalue weighted by Crippen LogP contribution is 2.26. The first-order valence-corrected chi connectivity index (χ1v) is 6.95. The molecule has 0 bridgehead atoms. The number of benzene rings is 1. The molecule has 0 saturated carbocycles. The number of nitro groups is 1. The van der Waals surface area contributed by atoms with Gasteiger partial charge in [-0.05, 0) is 38.3 Å². The number of likely N-dealkylation sites (tertiary alicyclic amines) is 1. The summed E-state index contributed by atoms with van der Waals surface area (Å²) in [4.78, 5) is 24.7. The fraction of sp³-hybridized carbons (Fsp3) is 0.500. The van der Waals surface area contributed by atoms with Crippen LogP contribution in [0.3, 0.4) is 0 Å². The lowest BCUT2D eigenvalue weighted by Gasteiger charge is -2.26. The van der Waals surface area contributed by atoms with E-state index >= 15 is 0 Å². The molecule has 1 amide bonds. The van der Waals surface area contributed by atoms with Crippen LogP contribution in [0, 0.1) is 10.1 Å². The van der Waals surface area contributed by atoms with Gasteiger partial charge in [0.05, 0.1) is 4.92 Å². The van der Waals surface area contributed by atoms with Crippen molar-refractivity contribution >= 4 is 17.3 Å². The van der Waals surface area contributed by atoms with Gasteiger partial charge in [0, 0.05) is 31.3 Å². The van der Waals surface area contributed by atoms with Gasteiger partial charge in [-0.1, -0.05) is 0 Å². The minimum atomic E-state index is -0.437. The Hall–Kier alpha value is -2.11. The SMILES string of the molecule is CCNc1cc(C(=O)N2CCCCC2)ccc1[N+](=O)[O-]. The third-order valence-corrected chi connectivity index (χ3v) is 3.45. The van der Waals surface area contributed by atoms with E-state index in [0.29, 0.717) is 17.8 Å². The average molecular weight is 277 g/mol. The standard InChI is InChI=1S/C14H19N3O3/c1-2-15-12-10-11(6-7-13(12)17(19)20)14(18)16-8-4-3-5-9-16/h6-7,10,15H,2-5,8-9H2,1H3. The second-order valence-corrected chi connectivity index (χ2v) is 4.87. The first-order valence-electron chi connectivity index (χ1n) is 6.95. The van der Waals surface area contributed by atoms with Crippen molar-refractivity contribution in [1.29, 1.82) is 0 Å². The van der Waals surface area contributed by atoms with Crippen LogP contribution >= 0.6 is 0 Å². The molecule has 0 aromatic heterocycles. The largest absolute Gasteiger partial charge is 0.380 e. The van der Waals surface area contributed by atoms with Gasteiger partial charge in [0.1, 0.15) is 5.69 Å². The summed E-state index contributed by atoms with van der Waals surface area (Å²) < 4.78 is 0. The van der Waals surface area contributed by atoms with Crippen molar-refractivity contribution in [3.05, 3.63) is 33.9 Å². The van der Waals surface area contributed by atoms with Crippen LogP contribution in [0.15, 0.2) is 18.2 Å². The molecule has 0 spiro atoms. The number of carbonyl (C=O) groups excluding carboxylic acids is 1. The summed E-state index contributed by atoms with van der Waals surface area (Å²) in [5, 5.41) is 13.9. The van der Waals surface area contributed by atoms with Crippen molar-refractivity contribution in [3.8, 4) is 0 Å². The third-order valence-electron chi connectivity index (χ3n) is 3.45. The van der Waals surface area contributed by atoms with E-state index in [1.807, 2.05) is 11.8 Å². The van der Waals surface area contributed by atoms with Gasteiger partial charge in [-0.2, -0.15) is 0 Å². The number of rotatable bonds is 4. The van der Waals surface area contributed by atoms with Crippen molar-refractivity contribution in [2.45, 2.75) is 26.2 Å². The van der Waals surface area contributed by atoms with E-state index in [0.717, 1.165) is 32.4 Å². The van der Waals surface area contributed by atoms with Crippen LogP contribution in [0.5, 0.6) is 0 Å². The van der Waals surface area contributed by atoms with Crippen LogP contribution in [0.2, 0.25) is 0 Å². The maximum Gasteiger partial charge on any atom is 0.292 e. The smallest absolute Gasteiger partial charge is 0.292 e. The Morgan fingerprint density at radius 1 is 1.35 bits per heavy atom. The van der Waals surface area contributed by atoms with E-state index in [1.165, 1.54) is 12.1 Å². The maximum absolute atomic E-state index is 12.4. The highest BCUT2D eigenvalue weighted by Gasteiger charge is 2.21. The molecule has 1 aromatic rings. The number of nitrogens with one attached hydrogen (secondary N) is 1. The number of amides is 1. The Labute approximate surface area is 117 Å². The molecular formula is C14H19N3O3. The summed E-state index contributed by atoms with van der Waals surface area (Å²) >= 11 is 0. The van der Waals surface area contributed by atoms with E-state index in [9.17, 15) is 14.9 Å². The monoisotopic (exact) mass is 277 g/mol. The Kier molecular flexibility index (Phi) is 4.55. The van der Waals surface area contributed by atoms with E-state index < -0.39 is 4.92 Å². The van der Waals surface area contributed by atoms with E-state index in [4.69, 9.17) is 0 Å². The zero-order valence-electron chi connectivity index (χ0n) is 11.6. The van der Waals surface area contributed by atoms with E-state index in [2.05, 4.69) is 5.32 Å². The molecule has 1 aliphatic heterocycles. The zero-order chi connectivity index (χ0) is 14.5. The average Bonchev–Trinajstić information content (AvgIpc) is 2.47.